The predicted octanol–water partition coefficient (Wildman–Crippen LogP) is 6.91. The van der Waals surface area contributed by atoms with E-state index in [1.165, 1.54) is 0 Å². The Labute approximate surface area is 198 Å². The summed E-state index contributed by atoms with van der Waals surface area (Å²) < 4.78 is 17.5. The molecule has 1 rings (SSSR count). The van der Waals surface area contributed by atoms with Gasteiger partial charge in [0.1, 0.15) is 0 Å². The van der Waals surface area contributed by atoms with E-state index in [4.69, 9.17) is 13.3 Å². The summed E-state index contributed by atoms with van der Waals surface area (Å²) in [6, 6.07) is 0. The first-order chi connectivity index (χ1) is 11.6. The van der Waals surface area contributed by atoms with Crippen LogP contribution in [0.5, 0.6) is 0 Å². The summed E-state index contributed by atoms with van der Waals surface area (Å²) in [7, 11) is -2.78. The Morgan fingerprint density at radius 3 is 1.33 bits per heavy atom. The zero-order chi connectivity index (χ0) is 17.8. The highest BCUT2D eigenvalue weighted by Crippen LogP contribution is 2.20. The lowest BCUT2D eigenvalue weighted by atomic mass is 10.9. The van der Waals surface area contributed by atoms with E-state index in [0.717, 1.165) is 21.8 Å². The van der Waals surface area contributed by atoms with Crippen LogP contribution in [0.2, 0.25) is 0 Å². The first-order valence-corrected chi connectivity index (χ1v) is 12.2. The van der Waals surface area contributed by atoms with Crippen LogP contribution < -0.4 is 5.32 Å². The molecule has 0 aliphatic carbocycles. The molecule has 1 heterocycles. The molecule has 0 aliphatic rings. The molecular formula is C20H52N4O3S2Si. The minimum Gasteiger partial charge on any atom is -0.373 e. The molecule has 7 nitrogen and oxygen atoms in total. The number of nitrogens with one attached hydrogen (secondary N) is 1. The van der Waals surface area contributed by atoms with Gasteiger partial charge in [-0.2, -0.15) is 15.0 Å². The van der Waals surface area contributed by atoms with Crippen molar-refractivity contribution in [3.63, 3.8) is 0 Å². The maximum atomic E-state index is 5.84. The van der Waals surface area contributed by atoms with Crippen LogP contribution in [0.3, 0.4) is 0 Å². The molecule has 0 fully saturated rings. The van der Waals surface area contributed by atoms with Gasteiger partial charge < -0.3 is 18.6 Å². The Bertz CT molecular complexity index is 448. The summed E-state index contributed by atoms with van der Waals surface area (Å²) in [5, 5.41) is 4.68. The quantitative estimate of drug-likeness (QED) is 0.235. The van der Waals surface area contributed by atoms with Crippen molar-refractivity contribution in [3.8, 4) is 0 Å². The van der Waals surface area contributed by atoms with E-state index in [-0.39, 0.29) is 44.6 Å². The van der Waals surface area contributed by atoms with Crippen molar-refractivity contribution >= 4 is 38.3 Å². The average Bonchev–Trinajstić information content (AvgIpc) is 2.54. The molecule has 1 aromatic heterocycles. The van der Waals surface area contributed by atoms with Gasteiger partial charge in [0, 0.05) is 19.8 Å². The summed E-state index contributed by atoms with van der Waals surface area (Å²) >= 11 is 3.19. The lowest BCUT2D eigenvalue weighted by molar-refractivity contribution is 0.0740. The van der Waals surface area contributed by atoms with Crippen LogP contribution >= 0.6 is 23.5 Å². The zero-order valence-electron chi connectivity index (χ0n) is 15.1. The predicted molar refractivity (Wildman–Crippen MR) is 142 cm³/mol. The number of nitrogens with zero attached hydrogens (tertiary/aromatic N) is 3. The van der Waals surface area contributed by atoms with E-state index >= 15 is 0 Å². The van der Waals surface area contributed by atoms with Crippen LogP contribution in [-0.2, 0) is 13.3 Å². The Kier molecular flexibility index (Phi) is 36.0. The van der Waals surface area contributed by atoms with E-state index in [9.17, 15) is 0 Å². The molecule has 0 saturated heterocycles. The van der Waals surface area contributed by atoms with E-state index < -0.39 is 8.80 Å². The molecule has 0 unspecified atom stereocenters. The largest absolute Gasteiger partial charge is 0.521 e. The van der Waals surface area contributed by atoms with Gasteiger partial charge in [-0.25, -0.2) is 0 Å². The van der Waals surface area contributed by atoms with Crippen molar-refractivity contribution in [2.75, 3.05) is 42.8 Å². The van der Waals surface area contributed by atoms with Crippen molar-refractivity contribution in [3.05, 3.63) is 0 Å². The second-order valence-electron chi connectivity index (χ2n) is 4.43. The van der Waals surface area contributed by atoms with Gasteiger partial charge >= 0.3 is 8.80 Å². The lowest BCUT2D eigenvalue weighted by Gasteiger charge is -2.28. The second-order valence-corrected chi connectivity index (χ2v) is 9.47. The van der Waals surface area contributed by atoms with Crippen LogP contribution in [-0.4, -0.2) is 61.3 Å². The second kappa shape index (κ2) is 24.9. The first-order valence-electron chi connectivity index (χ1n) is 8.30. The SMILES string of the molecule is C.C.C.C.C.C.CCO[Si](CNc1nc(SCC)nc(SCC)n1)(OCC)OCC. The van der Waals surface area contributed by atoms with Gasteiger partial charge in [0.2, 0.25) is 5.95 Å². The summed E-state index contributed by atoms with van der Waals surface area (Å²) in [6.45, 7) is 11.6. The number of anilines is 1. The number of aromatic nitrogens is 3. The fourth-order valence-corrected chi connectivity index (χ4v) is 5.36. The number of thioether (sulfide) groups is 2. The molecule has 0 spiro atoms. The topological polar surface area (TPSA) is 78.4 Å². The van der Waals surface area contributed by atoms with Crippen molar-refractivity contribution in [2.45, 2.75) is 89.5 Å². The molecule has 10 heteroatoms. The molecule has 186 valence electrons. The fraction of sp³-hybridized carbons (Fsp3) is 0.850. The minimum atomic E-state index is -2.78. The van der Waals surface area contributed by atoms with Crippen LogP contribution in [0.25, 0.3) is 0 Å². The normalized spacial score (nSPS) is 9.37. The Morgan fingerprint density at radius 2 is 1.03 bits per heavy atom. The molecule has 30 heavy (non-hydrogen) atoms. The maximum Gasteiger partial charge on any atom is 0.521 e. The lowest BCUT2D eigenvalue weighted by Crippen LogP contribution is -2.52. The van der Waals surface area contributed by atoms with E-state index in [1.54, 1.807) is 23.5 Å². The average molecular weight is 489 g/mol. The molecule has 0 aliphatic heterocycles. The summed E-state index contributed by atoms with van der Waals surface area (Å²) in [4.78, 5) is 13.4. The fourth-order valence-electron chi connectivity index (χ4n) is 1.93. The van der Waals surface area contributed by atoms with Gasteiger partial charge in [0.15, 0.2) is 10.3 Å². The van der Waals surface area contributed by atoms with Crippen LogP contribution in [0.4, 0.5) is 5.95 Å². The third-order valence-corrected chi connectivity index (χ3v) is 6.95. The minimum absolute atomic E-state index is 0. The number of hydrogen-bond acceptors (Lipinski definition) is 9. The molecule has 1 N–H and O–H groups in total. The monoisotopic (exact) mass is 488 g/mol. The van der Waals surface area contributed by atoms with Crippen molar-refractivity contribution in [2.24, 2.45) is 0 Å². The van der Waals surface area contributed by atoms with E-state index in [2.05, 4.69) is 34.1 Å². The molecule has 0 bridgehead atoms. The Balaban J connectivity index is -0.000000240. The van der Waals surface area contributed by atoms with Crippen LogP contribution in [0, 0.1) is 0 Å². The van der Waals surface area contributed by atoms with Gasteiger partial charge in [-0.15, -0.1) is 0 Å². The third-order valence-electron chi connectivity index (χ3n) is 2.70. The third kappa shape index (κ3) is 15.4. The molecule has 0 aromatic carbocycles. The molecule has 1 aromatic rings. The van der Waals surface area contributed by atoms with Gasteiger partial charge in [-0.1, -0.05) is 81.9 Å². The molecule has 0 radical (unpaired) electrons. The van der Waals surface area contributed by atoms with Gasteiger partial charge in [-0.3, -0.25) is 0 Å². The van der Waals surface area contributed by atoms with Gasteiger partial charge in [0.25, 0.3) is 0 Å². The maximum absolute atomic E-state index is 5.84. The Morgan fingerprint density at radius 1 is 0.667 bits per heavy atom. The molecule has 0 atom stereocenters. The number of hydrogen-bond donors (Lipinski definition) is 1. The highest BCUT2D eigenvalue weighted by Gasteiger charge is 2.40. The standard InChI is InChI=1S/C14H28N4O3S2Si.6CH4/c1-6-19-24(20-7-2,21-8-3)11-15-12-16-13(22-9-4)18-14(17-12)23-10-5;;;;;;/h6-11H2,1-5H3,(H,15,16,17,18);6*1H4. The summed E-state index contributed by atoms with van der Waals surface area (Å²) in [5.74, 6) is 2.36. The van der Waals surface area contributed by atoms with E-state index in [0.29, 0.717) is 31.9 Å². The van der Waals surface area contributed by atoms with Crippen LogP contribution in [0.1, 0.15) is 79.2 Å². The van der Waals surface area contributed by atoms with Gasteiger partial charge in [-0.05, 0) is 32.3 Å². The van der Waals surface area contributed by atoms with E-state index in [1.807, 2.05) is 20.8 Å². The summed E-state index contributed by atoms with van der Waals surface area (Å²) in [6.07, 6.45) is 0.430. The van der Waals surface area contributed by atoms with Crippen LogP contribution in [0.15, 0.2) is 10.3 Å². The smallest absolute Gasteiger partial charge is 0.373 e. The molecule has 0 amide bonds. The highest BCUT2D eigenvalue weighted by atomic mass is 32.2. The first kappa shape index (κ1) is 43.5. The summed E-state index contributed by atoms with van der Waals surface area (Å²) in [5.41, 5.74) is 0. The van der Waals surface area contributed by atoms with Crippen molar-refractivity contribution < 1.29 is 13.3 Å². The van der Waals surface area contributed by atoms with Crippen molar-refractivity contribution in [1.82, 2.24) is 15.0 Å². The highest BCUT2D eigenvalue weighted by molar-refractivity contribution is 7.99. The zero-order valence-corrected chi connectivity index (χ0v) is 17.8. The van der Waals surface area contributed by atoms with Crippen molar-refractivity contribution in [1.29, 1.82) is 0 Å². The molecule has 0 saturated carbocycles. The number of rotatable bonds is 13. The van der Waals surface area contributed by atoms with Gasteiger partial charge in [0.05, 0.1) is 6.17 Å². The molecular weight excluding hydrogens is 436 g/mol. The Hall–Kier alpha value is -0.393.